The third-order valence-corrected chi connectivity index (χ3v) is 4.70. The number of H-pyrrole nitrogens is 1. The molecule has 24 heavy (non-hydrogen) atoms. The molecule has 0 aliphatic carbocycles. The highest BCUT2D eigenvalue weighted by Crippen LogP contribution is 2.19. The van der Waals surface area contributed by atoms with Crippen molar-refractivity contribution in [3.8, 4) is 0 Å². The van der Waals surface area contributed by atoms with E-state index in [9.17, 15) is 14.4 Å². The second-order valence-electron chi connectivity index (χ2n) is 5.17. The van der Waals surface area contributed by atoms with Gasteiger partial charge < -0.3 is 4.98 Å². The van der Waals surface area contributed by atoms with Gasteiger partial charge in [-0.15, -0.1) is 0 Å². The molecule has 0 fully saturated rings. The Kier molecular flexibility index (Phi) is 4.33. The van der Waals surface area contributed by atoms with E-state index >= 15 is 0 Å². The number of imidazole rings is 1. The summed E-state index contributed by atoms with van der Waals surface area (Å²) in [6.45, 7) is 0. The Bertz CT molecular complexity index is 1050. The summed E-state index contributed by atoms with van der Waals surface area (Å²) in [5.41, 5.74) is 0.154. The van der Waals surface area contributed by atoms with E-state index in [0.717, 1.165) is 4.57 Å². The third kappa shape index (κ3) is 2.90. The van der Waals surface area contributed by atoms with Crippen LogP contribution in [0.3, 0.4) is 0 Å². The number of hydrogen-bond donors (Lipinski definition) is 1. The van der Waals surface area contributed by atoms with Gasteiger partial charge in [-0.25, -0.2) is 9.78 Å². The number of rotatable bonds is 4. The van der Waals surface area contributed by atoms with Gasteiger partial charge in [0.05, 0.1) is 5.75 Å². The number of hydrogen-bond acceptors (Lipinski definition) is 5. The smallest absolute Gasteiger partial charge is 0.327 e. The van der Waals surface area contributed by atoms with Gasteiger partial charge in [-0.05, 0) is 24.3 Å². The first-order valence-electron chi connectivity index (χ1n) is 6.96. The number of nitrogens with one attached hydrogen (secondary N) is 1. The number of benzene rings is 1. The van der Waals surface area contributed by atoms with Crippen LogP contribution in [0, 0.1) is 0 Å². The monoisotopic (exact) mass is 364 g/mol. The highest BCUT2D eigenvalue weighted by Gasteiger charge is 2.15. The summed E-state index contributed by atoms with van der Waals surface area (Å²) >= 11 is 6.97. The van der Waals surface area contributed by atoms with Crippen LogP contribution in [-0.2, 0) is 14.1 Å². The average Bonchev–Trinajstić information content (AvgIpc) is 3.01. The maximum absolute atomic E-state index is 12.2. The fourth-order valence-corrected chi connectivity index (χ4v) is 3.11. The summed E-state index contributed by atoms with van der Waals surface area (Å²) in [5, 5.41) is 0.971. The van der Waals surface area contributed by atoms with Crippen molar-refractivity contribution in [1.82, 2.24) is 19.1 Å². The van der Waals surface area contributed by atoms with Gasteiger partial charge in [0.1, 0.15) is 0 Å². The number of carbonyl (C=O) groups excluding carboxylic acids is 1. The zero-order valence-electron chi connectivity index (χ0n) is 12.9. The molecule has 124 valence electrons. The molecule has 0 aliphatic heterocycles. The molecule has 7 nitrogen and oxygen atoms in total. The summed E-state index contributed by atoms with van der Waals surface area (Å²) in [4.78, 5) is 43.3. The molecule has 2 heterocycles. The molecule has 0 aliphatic rings. The second-order valence-corrected chi connectivity index (χ2v) is 6.57. The number of aromatic nitrogens is 4. The fraction of sp³-hybridized carbons (Fsp3) is 0.200. The Hall–Kier alpha value is -2.32. The maximum atomic E-state index is 12.2. The van der Waals surface area contributed by atoms with Gasteiger partial charge in [0.15, 0.2) is 22.1 Å². The number of carbonyl (C=O) groups is 1. The van der Waals surface area contributed by atoms with Crippen LogP contribution in [0.4, 0.5) is 0 Å². The minimum Gasteiger partial charge on any atom is -0.327 e. The molecule has 0 atom stereocenters. The molecule has 1 aromatic carbocycles. The summed E-state index contributed by atoms with van der Waals surface area (Å²) in [6.07, 6.45) is 0. The van der Waals surface area contributed by atoms with E-state index in [1.54, 1.807) is 24.3 Å². The molecule has 0 spiro atoms. The van der Waals surface area contributed by atoms with Crippen molar-refractivity contribution in [2.24, 2.45) is 14.1 Å². The van der Waals surface area contributed by atoms with Crippen molar-refractivity contribution in [3.05, 3.63) is 55.7 Å². The van der Waals surface area contributed by atoms with Gasteiger partial charge in [0, 0.05) is 24.7 Å². The first kappa shape index (κ1) is 16.5. The minimum absolute atomic E-state index is 0.0843. The second kappa shape index (κ2) is 6.29. The number of nitrogens with zero attached hydrogens (tertiary/aromatic N) is 3. The van der Waals surface area contributed by atoms with Gasteiger partial charge >= 0.3 is 5.69 Å². The Morgan fingerprint density at radius 1 is 1.21 bits per heavy atom. The van der Waals surface area contributed by atoms with Crippen molar-refractivity contribution in [3.63, 3.8) is 0 Å². The van der Waals surface area contributed by atoms with Crippen molar-refractivity contribution in [1.29, 1.82) is 0 Å². The van der Waals surface area contributed by atoms with E-state index < -0.39 is 11.2 Å². The number of ketones is 1. The highest BCUT2D eigenvalue weighted by molar-refractivity contribution is 7.99. The minimum atomic E-state index is -0.451. The van der Waals surface area contributed by atoms with E-state index in [0.29, 0.717) is 15.7 Å². The van der Waals surface area contributed by atoms with E-state index in [1.165, 1.54) is 30.4 Å². The van der Waals surface area contributed by atoms with Crippen molar-refractivity contribution >= 4 is 40.3 Å². The molecule has 2 aromatic heterocycles. The summed E-state index contributed by atoms with van der Waals surface area (Å²) in [7, 11) is 2.94. The Morgan fingerprint density at radius 2 is 1.88 bits per heavy atom. The Morgan fingerprint density at radius 3 is 2.54 bits per heavy atom. The normalized spacial score (nSPS) is 11.1. The molecule has 0 unspecified atom stereocenters. The molecule has 3 rings (SSSR count). The zero-order chi connectivity index (χ0) is 17.4. The summed E-state index contributed by atoms with van der Waals surface area (Å²) < 4.78 is 2.30. The lowest BCUT2D eigenvalue weighted by Gasteiger charge is -2.00. The predicted octanol–water partition coefficient (Wildman–Crippen LogP) is 1.59. The van der Waals surface area contributed by atoms with Gasteiger partial charge in [0.25, 0.3) is 5.56 Å². The molecule has 0 amide bonds. The van der Waals surface area contributed by atoms with Crippen LogP contribution >= 0.6 is 23.4 Å². The lowest BCUT2D eigenvalue weighted by atomic mass is 10.1. The summed E-state index contributed by atoms with van der Waals surface area (Å²) in [5.74, 6) is 0.0642. The Balaban J connectivity index is 1.86. The molecule has 0 radical (unpaired) electrons. The van der Waals surface area contributed by atoms with Crippen molar-refractivity contribution in [2.45, 2.75) is 5.16 Å². The molecule has 3 aromatic rings. The number of aryl methyl sites for hydroxylation is 1. The van der Waals surface area contributed by atoms with Crippen LogP contribution in [0.25, 0.3) is 11.2 Å². The molecular formula is C15H13ClN4O3S. The third-order valence-electron chi connectivity index (χ3n) is 3.58. The Labute approximate surface area is 145 Å². The number of thioether (sulfide) groups is 1. The quantitative estimate of drug-likeness (QED) is 0.561. The van der Waals surface area contributed by atoms with Crippen molar-refractivity contribution in [2.75, 3.05) is 5.75 Å². The van der Waals surface area contributed by atoms with E-state index in [1.807, 2.05) is 0 Å². The topological polar surface area (TPSA) is 89.8 Å². The number of Topliss-reactive ketones (excluding diaryl/α,β-unsaturated/α-hetero) is 1. The molecule has 0 saturated carbocycles. The van der Waals surface area contributed by atoms with Gasteiger partial charge in [-0.1, -0.05) is 23.4 Å². The van der Waals surface area contributed by atoms with Crippen LogP contribution in [0.1, 0.15) is 10.4 Å². The summed E-state index contributed by atoms with van der Waals surface area (Å²) in [6, 6.07) is 6.62. The lowest BCUT2D eigenvalue weighted by Crippen LogP contribution is -2.36. The number of aromatic amines is 1. The SMILES string of the molecule is Cn1c(=O)c2[nH]c(SCC(=O)c3ccc(Cl)cc3)nc2n(C)c1=O. The highest BCUT2D eigenvalue weighted by atomic mass is 35.5. The fourth-order valence-electron chi connectivity index (χ4n) is 2.23. The lowest BCUT2D eigenvalue weighted by molar-refractivity contribution is 0.102. The largest absolute Gasteiger partial charge is 0.332 e. The molecule has 9 heteroatoms. The zero-order valence-corrected chi connectivity index (χ0v) is 14.4. The first-order valence-corrected chi connectivity index (χ1v) is 8.32. The molecule has 1 N–H and O–H groups in total. The number of fused-ring (bicyclic) bond motifs is 1. The van der Waals surface area contributed by atoms with Crippen LogP contribution < -0.4 is 11.2 Å². The predicted molar refractivity (Wildman–Crippen MR) is 93.1 cm³/mol. The molecule has 0 saturated heterocycles. The number of halogens is 1. The average molecular weight is 365 g/mol. The van der Waals surface area contributed by atoms with Crippen molar-refractivity contribution < 1.29 is 4.79 Å². The van der Waals surface area contributed by atoms with E-state index in [-0.39, 0.29) is 22.7 Å². The first-order chi connectivity index (χ1) is 11.4. The van der Waals surface area contributed by atoms with Crippen LogP contribution in [0.15, 0.2) is 39.0 Å². The van der Waals surface area contributed by atoms with Gasteiger partial charge in [0.2, 0.25) is 0 Å². The molecule has 0 bridgehead atoms. The van der Waals surface area contributed by atoms with E-state index in [2.05, 4.69) is 9.97 Å². The van der Waals surface area contributed by atoms with Crippen LogP contribution in [0.5, 0.6) is 0 Å². The van der Waals surface area contributed by atoms with Crippen LogP contribution in [0.2, 0.25) is 5.02 Å². The van der Waals surface area contributed by atoms with Gasteiger partial charge in [-0.3, -0.25) is 18.7 Å². The molecular weight excluding hydrogens is 352 g/mol. The maximum Gasteiger partial charge on any atom is 0.332 e. The van der Waals surface area contributed by atoms with Crippen LogP contribution in [-0.4, -0.2) is 30.6 Å². The standard InChI is InChI=1S/C15H13ClN4O3S/c1-19-12-11(13(22)20(2)15(19)23)17-14(18-12)24-7-10(21)8-3-5-9(16)6-4-8/h3-6H,7H2,1-2H3,(H,17,18). The van der Waals surface area contributed by atoms with Gasteiger partial charge in [-0.2, -0.15) is 0 Å². The van der Waals surface area contributed by atoms with E-state index in [4.69, 9.17) is 11.6 Å².